The van der Waals surface area contributed by atoms with Crippen LogP contribution in [0.15, 0.2) is 35.9 Å². The summed E-state index contributed by atoms with van der Waals surface area (Å²) >= 11 is 8.06. The molecule has 4 aliphatic heterocycles. The molecule has 1 aromatic rings. The quantitative estimate of drug-likeness (QED) is 0.125. The van der Waals surface area contributed by atoms with Crippen LogP contribution in [0.4, 0.5) is 10.5 Å². The number of rotatable bonds is 12. The number of nitrogens with zero attached hydrogens (tertiary/aromatic N) is 3. The first-order valence-electron chi connectivity index (χ1n) is 24.3. The number of alkyl carbamates (subject to hydrolysis) is 1. The van der Waals surface area contributed by atoms with E-state index in [0.29, 0.717) is 24.4 Å². The Balaban J connectivity index is 1.14. The van der Waals surface area contributed by atoms with Crippen molar-refractivity contribution in [1.82, 2.24) is 15.1 Å². The molecule has 3 N–H and O–H groups in total. The topological polar surface area (TPSA) is 214 Å². The van der Waals surface area contributed by atoms with Gasteiger partial charge in [-0.3, -0.25) is 29.4 Å². The highest BCUT2D eigenvalue weighted by Gasteiger charge is 2.64. The third kappa shape index (κ3) is 12.3. The summed E-state index contributed by atoms with van der Waals surface area (Å²) in [5.74, 6) is -1.79. The van der Waals surface area contributed by atoms with Gasteiger partial charge in [0.15, 0.2) is 5.72 Å². The molecule has 1 saturated carbocycles. The van der Waals surface area contributed by atoms with E-state index in [4.69, 9.17) is 35.3 Å². The number of amides is 5. The third-order valence-corrected chi connectivity index (χ3v) is 16.6. The van der Waals surface area contributed by atoms with Crippen molar-refractivity contribution >= 4 is 64.7 Å². The van der Waals surface area contributed by atoms with Gasteiger partial charge >= 0.3 is 12.1 Å². The van der Waals surface area contributed by atoms with Crippen LogP contribution in [0, 0.1) is 23.2 Å². The normalized spacial score (nSPS) is 33.0. The van der Waals surface area contributed by atoms with Crippen LogP contribution in [0.2, 0.25) is 5.02 Å². The van der Waals surface area contributed by atoms with Gasteiger partial charge in [-0.2, -0.15) is 0 Å². The number of esters is 1. The van der Waals surface area contributed by atoms with Crippen molar-refractivity contribution in [2.45, 2.75) is 159 Å². The molecule has 5 amide bonds. The predicted molar refractivity (Wildman–Crippen MR) is 264 cm³/mol. The average molecular weight is 1020 g/mol. The van der Waals surface area contributed by atoms with Crippen LogP contribution in [0.1, 0.15) is 105 Å². The number of likely N-dealkylation sites (N-methyl/N-ethyl adjacent to an activating group) is 1. The van der Waals surface area contributed by atoms with E-state index in [1.54, 1.807) is 45.2 Å². The number of halogens is 1. The molecule has 1 unspecified atom stereocenters. The van der Waals surface area contributed by atoms with Gasteiger partial charge in [-0.05, 0) is 87.8 Å². The molecule has 5 aliphatic rings. The van der Waals surface area contributed by atoms with Crippen molar-refractivity contribution in [3.63, 3.8) is 0 Å². The summed E-state index contributed by atoms with van der Waals surface area (Å²) in [6, 6.07) is 2.44. The van der Waals surface area contributed by atoms with E-state index in [-0.39, 0.29) is 65.5 Å². The lowest BCUT2D eigenvalue weighted by Gasteiger charge is -2.42. The Hall–Kier alpha value is -4.20. The molecule has 4 bridgehead atoms. The molecule has 388 valence electrons. The number of hydrogen-bond acceptors (Lipinski definition) is 14. The summed E-state index contributed by atoms with van der Waals surface area (Å²) in [7, 11) is 5.92. The minimum absolute atomic E-state index is 0.0242. The Labute approximate surface area is 421 Å². The zero-order valence-electron chi connectivity index (χ0n) is 42.5. The fourth-order valence-electron chi connectivity index (χ4n) is 10.3. The molecule has 19 heteroatoms. The molecule has 1 aromatic carbocycles. The number of allylic oxidation sites excluding steroid dienone is 3. The van der Waals surface area contributed by atoms with Gasteiger partial charge in [0, 0.05) is 58.7 Å². The molecule has 70 heavy (non-hydrogen) atoms. The fraction of sp³-hybridized carbons (Fsp3) is 0.686. The SMILES string of the molecule is COc1cc2cc(c1Cl)N(C)C(=O)C[C@H](OC(=O)[C@H](C)N(C)C(=O)CCS[C@H]1CC(=O)N(C[C@H]3CC[C@H](C(O)C(C)(C)C)CC3)C1=O)[C@]1(C)O[C@H]1[C@H](C)[C@@H]1C[C@@](O)(NC(=O)O1)[C@H](OC)/C=C/C=C(\C)C2. The average Bonchev–Trinajstić information content (AvgIpc) is 3.94. The number of likely N-dealkylation sites (tertiary alicyclic amines) is 1. The van der Waals surface area contributed by atoms with E-state index in [1.165, 1.54) is 54.7 Å². The zero-order valence-corrected chi connectivity index (χ0v) is 44.0. The first kappa shape index (κ1) is 55.1. The number of fused-ring (bicyclic) bond motifs is 5. The van der Waals surface area contributed by atoms with Crippen LogP contribution >= 0.6 is 23.4 Å². The van der Waals surface area contributed by atoms with Gasteiger partial charge < -0.3 is 43.7 Å². The van der Waals surface area contributed by atoms with Crippen LogP contribution in [0.3, 0.4) is 0 Å². The molecule has 10 atom stereocenters. The van der Waals surface area contributed by atoms with Gasteiger partial charge in [-0.15, -0.1) is 11.8 Å². The van der Waals surface area contributed by atoms with E-state index < -0.39 is 82.9 Å². The van der Waals surface area contributed by atoms with Crippen molar-refractivity contribution in [1.29, 1.82) is 0 Å². The van der Waals surface area contributed by atoms with E-state index in [2.05, 4.69) is 5.32 Å². The number of ether oxygens (including phenoxy) is 5. The Morgan fingerprint density at radius 1 is 1.09 bits per heavy atom. The molecular weight excluding hydrogens is 944 g/mol. The third-order valence-electron chi connectivity index (χ3n) is 15.0. The molecule has 17 nitrogen and oxygen atoms in total. The van der Waals surface area contributed by atoms with Crippen molar-refractivity contribution < 1.29 is 62.7 Å². The van der Waals surface area contributed by atoms with Gasteiger partial charge in [0.25, 0.3) is 0 Å². The van der Waals surface area contributed by atoms with Crippen molar-refractivity contribution in [2.75, 3.05) is 45.5 Å². The molecule has 0 spiro atoms. The molecule has 0 radical (unpaired) electrons. The maximum absolute atomic E-state index is 14.4. The Morgan fingerprint density at radius 2 is 1.77 bits per heavy atom. The number of aliphatic hydroxyl groups is 2. The van der Waals surface area contributed by atoms with Gasteiger partial charge in [0.1, 0.15) is 40.7 Å². The first-order chi connectivity index (χ1) is 32.8. The number of anilines is 1. The summed E-state index contributed by atoms with van der Waals surface area (Å²) in [6.07, 6.45) is 3.49. The van der Waals surface area contributed by atoms with Crippen LogP contribution in [0.25, 0.3) is 0 Å². The molecule has 4 heterocycles. The first-order valence-corrected chi connectivity index (χ1v) is 25.7. The standard InChI is InChI=1S/C51H73ClN4O13S/c1-28-13-12-14-38(66-11)51(64)26-36(67-48(63)53-51)29(2)45-50(7,69-45)39(25-41(58)55(9)34-22-32(21-28)23-35(65-10)43(34)52)68-47(62)30(3)54(8)40(57)19-20-70-37-24-42(59)56(46(37)61)27-31-15-17-33(18-16-31)44(60)49(4,5)6/h12-14,22-23,29-31,33,36-39,44-45,60,64H,15-21,24-27H2,1-11H3,(H,53,63)/b14-12+,28-13+/t29-,30+,31-,33-,36+,37+,38-,39+,44?,45+,50+,51+/m1/s1. The summed E-state index contributed by atoms with van der Waals surface area (Å²) in [4.78, 5) is 85.5. The molecule has 6 rings (SSSR count). The largest absolute Gasteiger partial charge is 0.495 e. The second-order valence-corrected chi connectivity index (χ2v) is 22.8. The predicted octanol–water partition coefficient (Wildman–Crippen LogP) is 5.98. The van der Waals surface area contributed by atoms with Gasteiger partial charge in [0.2, 0.25) is 23.6 Å². The number of nitrogens with one attached hydrogen (secondary N) is 1. The van der Waals surface area contributed by atoms with Gasteiger partial charge in [-0.1, -0.05) is 63.1 Å². The number of benzene rings is 1. The number of aliphatic hydroxyl groups excluding tert-OH is 1. The fourth-order valence-corrected chi connectivity index (χ4v) is 11.7. The van der Waals surface area contributed by atoms with Crippen molar-refractivity contribution in [3.05, 3.63) is 46.5 Å². The lowest BCUT2D eigenvalue weighted by atomic mass is 9.72. The van der Waals surface area contributed by atoms with E-state index in [1.807, 2.05) is 33.8 Å². The second-order valence-electron chi connectivity index (χ2n) is 21.2. The van der Waals surface area contributed by atoms with E-state index in [0.717, 1.165) is 36.8 Å². The van der Waals surface area contributed by atoms with Crippen LogP contribution in [-0.2, 0) is 49.3 Å². The Morgan fingerprint density at radius 3 is 2.41 bits per heavy atom. The maximum Gasteiger partial charge on any atom is 0.409 e. The summed E-state index contributed by atoms with van der Waals surface area (Å²) in [5, 5.41) is 24.7. The molecule has 1 aliphatic carbocycles. The second kappa shape index (κ2) is 22.3. The van der Waals surface area contributed by atoms with Crippen LogP contribution < -0.4 is 15.0 Å². The van der Waals surface area contributed by atoms with E-state index in [9.17, 15) is 39.0 Å². The lowest BCUT2D eigenvalue weighted by Crippen LogP contribution is -2.63. The number of methoxy groups -OCH3 is 2. The number of hydrogen-bond donors (Lipinski definition) is 3. The number of thioether (sulfide) groups is 1. The van der Waals surface area contributed by atoms with E-state index >= 15 is 0 Å². The zero-order chi connectivity index (χ0) is 51.6. The minimum Gasteiger partial charge on any atom is -0.495 e. The van der Waals surface area contributed by atoms with Crippen LogP contribution in [0.5, 0.6) is 5.75 Å². The Kier molecular flexibility index (Phi) is 17.5. The summed E-state index contributed by atoms with van der Waals surface area (Å²) < 4.78 is 29.5. The number of carbonyl (C=O) groups excluding carboxylic acids is 6. The number of imide groups is 1. The van der Waals surface area contributed by atoms with Crippen LogP contribution in [-0.4, -0.2) is 149 Å². The summed E-state index contributed by atoms with van der Waals surface area (Å²) in [6.45, 7) is 13.3. The monoisotopic (exact) mass is 1020 g/mol. The smallest absolute Gasteiger partial charge is 0.409 e. The Bertz CT molecular complexity index is 2210. The molecule has 4 fully saturated rings. The highest BCUT2D eigenvalue weighted by atomic mass is 35.5. The highest BCUT2D eigenvalue weighted by Crippen LogP contribution is 2.49. The number of epoxide rings is 1. The van der Waals surface area contributed by atoms with Crippen molar-refractivity contribution in [3.8, 4) is 5.75 Å². The lowest BCUT2D eigenvalue weighted by molar-refractivity contribution is -0.162. The highest BCUT2D eigenvalue weighted by molar-refractivity contribution is 8.00. The van der Waals surface area contributed by atoms with Gasteiger partial charge in [0.05, 0.1) is 36.7 Å². The minimum atomic E-state index is -1.87. The maximum atomic E-state index is 14.4. The molecular formula is C51H73ClN4O13S. The summed E-state index contributed by atoms with van der Waals surface area (Å²) in [5.41, 5.74) is -1.33. The molecule has 0 aromatic heterocycles. The van der Waals surface area contributed by atoms with Gasteiger partial charge in [-0.25, -0.2) is 9.59 Å². The number of carbonyl (C=O) groups is 6. The molecule has 3 saturated heterocycles. The van der Waals surface area contributed by atoms with Crippen molar-refractivity contribution in [2.24, 2.45) is 23.2 Å².